The first-order valence-corrected chi connectivity index (χ1v) is 9.84. The van der Waals surface area contributed by atoms with Crippen molar-refractivity contribution in [3.05, 3.63) is 54.1 Å². The number of fused-ring (bicyclic) bond motifs is 1. The maximum Gasteiger partial charge on any atom is 0.223 e. The number of anilines is 1. The van der Waals surface area contributed by atoms with Crippen molar-refractivity contribution in [1.82, 2.24) is 15.3 Å². The molecule has 1 heterocycles. The average Bonchev–Trinajstić information content (AvgIpc) is 3.15. The number of hydrogen-bond acceptors (Lipinski definition) is 4. The maximum absolute atomic E-state index is 12.6. The molecule has 0 aliphatic heterocycles. The number of carbonyl (C=O) groups is 1. The van der Waals surface area contributed by atoms with Crippen LogP contribution in [0.3, 0.4) is 0 Å². The highest BCUT2D eigenvalue weighted by Gasteiger charge is 2.26. The Hall–Kier alpha value is -3.02. The molecule has 1 aliphatic rings. The van der Waals surface area contributed by atoms with Crippen LogP contribution >= 0.6 is 0 Å². The fraction of sp³-hybridized carbons (Fsp3) is 0.364. The molecule has 1 amide bonds. The lowest BCUT2D eigenvalue weighted by Gasteiger charge is -2.28. The second-order valence-corrected chi connectivity index (χ2v) is 7.33. The van der Waals surface area contributed by atoms with Crippen LogP contribution in [0, 0.1) is 5.92 Å². The molecular formula is C22H26N4O2. The molecule has 2 aromatic carbocycles. The Morgan fingerprint density at radius 3 is 2.64 bits per heavy atom. The Balaban J connectivity index is 1.27. The van der Waals surface area contributed by atoms with Crippen LogP contribution in [-0.2, 0) is 11.3 Å². The number of benzene rings is 2. The summed E-state index contributed by atoms with van der Waals surface area (Å²) in [5, 5.41) is 6.56. The van der Waals surface area contributed by atoms with Crippen LogP contribution < -0.4 is 15.4 Å². The van der Waals surface area contributed by atoms with Gasteiger partial charge in [-0.3, -0.25) is 4.79 Å². The van der Waals surface area contributed by atoms with Gasteiger partial charge in [0.15, 0.2) is 0 Å². The van der Waals surface area contributed by atoms with Crippen molar-refractivity contribution in [3.8, 4) is 5.75 Å². The van der Waals surface area contributed by atoms with Gasteiger partial charge in [-0.1, -0.05) is 30.3 Å². The minimum atomic E-state index is 0.0726. The number of hydrogen-bond donors (Lipinski definition) is 3. The Bertz CT molecular complexity index is 911. The number of nitrogens with zero attached hydrogens (tertiary/aromatic N) is 1. The summed E-state index contributed by atoms with van der Waals surface area (Å²) in [6.07, 6.45) is 3.69. The molecule has 146 valence electrons. The molecule has 0 bridgehead atoms. The third-order valence-corrected chi connectivity index (χ3v) is 5.47. The summed E-state index contributed by atoms with van der Waals surface area (Å²) in [5.41, 5.74) is 3.00. The topological polar surface area (TPSA) is 79.0 Å². The summed E-state index contributed by atoms with van der Waals surface area (Å²) in [6.45, 7) is 0.500. The number of ether oxygens (including phenoxy) is 1. The first-order chi connectivity index (χ1) is 13.7. The zero-order valence-corrected chi connectivity index (χ0v) is 16.1. The summed E-state index contributed by atoms with van der Waals surface area (Å²) < 4.78 is 5.35. The molecule has 6 nitrogen and oxygen atoms in total. The van der Waals surface area contributed by atoms with Gasteiger partial charge in [-0.15, -0.1) is 0 Å². The lowest BCUT2D eigenvalue weighted by molar-refractivity contribution is -0.126. The molecule has 0 saturated heterocycles. The number of rotatable bonds is 6. The number of nitrogens with one attached hydrogen (secondary N) is 3. The van der Waals surface area contributed by atoms with Crippen molar-refractivity contribution in [1.29, 1.82) is 0 Å². The monoisotopic (exact) mass is 378 g/mol. The van der Waals surface area contributed by atoms with Crippen molar-refractivity contribution < 1.29 is 9.53 Å². The molecule has 28 heavy (non-hydrogen) atoms. The number of para-hydroxylation sites is 3. The van der Waals surface area contributed by atoms with E-state index < -0.39 is 0 Å². The summed E-state index contributed by atoms with van der Waals surface area (Å²) in [5.74, 6) is 1.82. The number of methoxy groups -OCH3 is 1. The minimum Gasteiger partial charge on any atom is -0.496 e. The highest BCUT2D eigenvalue weighted by atomic mass is 16.5. The largest absolute Gasteiger partial charge is 0.496 e. The van der Waals surface area contributed by atoms with Gasteiger partial charge in [-0.25, -0.2) is 4.98 Å². The summed E-state index contributed by atoms with van der Waals surface area (Å²) in [7, 11) is 1.65. The molecule has 3 aromatic rings. The van der Waals surface area contributed by atoms with E-state index in [2.05, 4.69) is 20.6 Å². The van der Waals surface area contributed by atoms with Crippen LogP contribution in [0.2, 0.25) is 0 Å². The van der Waals surface area contributed by atoms with E-state index in [0.29, 0.717) is 12.6 Å². The third kappa shape index (κ3) is 4.11. The predicted molar refractivity (Wildman–Crippen MR) is 110 cm³/mol. The van der Waals surface area contributed by atoms with Crippen LogP contribution in [0.5, 0.6) is 5.75 Å². The van der Waals surface area contributed by atoms with Gasteiger partial charge in [-0.05, 0) is 43.9 Å². The summed E-state index contributed by atoms with van der Waals surface area (Å²) in [6, 6.07) is 16.1. The van der Waals surface area contributed by atoms with Gasteiger partial charge >= 0.3 is 0 Å². The molecule has 0 atom stereocenters. The second kappa shape index (κ2) is 8.33. The fourth-order valence-electron chi connectivity index (χ4n) is 3.89. The van der Waals surface area contributed by atoms with Gasteiger partial charge in [-0.2, -0.15) is 0 Å². The van der Waals surface area contributed by atoms with E-state index in [1.54, 1.807) is 7.11 Å². The molecule has 0 spiro atoms. The molecular weight excluding hydrogens is 352 g/mol. The van der Waals surface area contributed by atoms with Crippen LogP contribution in [0.4, 0.5) is 5.95 Å². The van der Waals surface area contributed by atoms with Crippen molar-refractivity contribution in [2.24, 2.45) is 5.92 Å². The van der Waals surface area contributed by atoms with Gasteiger partial charge in [0.25, 0.3) is 0 Å². The minimum absolute atomic E-state index is 0.0726. The molecule has 3 N–H and O–H groups in total. The molecule has 4 rings (SSSR count). The van der Waals surface area contributed by atoms with Crippen molar-refractivity contribution >= 4 is 22.9 Å². The van der Waals surface area contributed by atoms with E-state index in [4.69, 9.17) is 4.74 Å². The van der Waals surface area contributed by atoms with E-state index in [-0.39, 0.29) is 11.8 Å². The standard InChI is InChI=1S/C22H26N4O2/c1-28-20-9-5-2-6-16(20)14-23-21(27)15-10-12-17(13-11-15)24-22-25-18-7-3-4-8-19(18)26-22/h2-9,15,17H,10-14H2,1H3,(H,23,27)(H2,24,25,26)/t15-,17+. The van der Waals surface area contributed by atoms with Gasteiger partial charge < -0.3 is 20.4 Å². The molecule has 1 fully saturated rings. The Labute approximate surface area is 164 Å². The maximum atomic E-state index is 12.6. The Kier molecular flexibility index (Phi) is 5.46. The van der Waals surface area contributed by atoms with E-state index in [1.807, 2.05) is 48.5 Å². The smallest absolute Gasteiger partial charge is 0.223 e. The number of H-pyrrole nitrogens is 1. The first kappa shape index (κ1) is 18.3. The van der Waals surface area contributed by atoms with Crippen LogP contribution in [-0.4, -0.2) is 29.0 Å². The molecule has 0 unspecified atom stereocenters. The lowest BCUT2D eigenvalue weighted by atomic mass is 9.85. The number of aromatic nitrogens is 2. The van der Waals surface area contributed by atoms with Gasteiger partial charge in [0.2, 0.25) is 11.9 Å². The number of amides is 1. The number of aromatic amines is 1. The van der Waals surface area contributed by atoms with Gasteiger partial charge in [0.05, 0.1) is 18.1 Å². The van der Waals surface area contributed by atoms with E-state index >= 15 is 0 Å². The first-order valence-electron chi connectivity index (χ1n) is 9.84. The third-order valence-electron chi connectivity index (χ3n) is 5.47. The van der Waals surface area contributed by atoms with Crippen LogP contribution in [0.1, 0.15) is 31.2 Å². The highest BCUT2D eigenvalue weighted by Crippen LogP contribution is 2.27. The molecule has 1 aliphatic carbocycles. The molecule has 1 saturated carbocycles. The van der Waals surface area contributed by atoms with E-state index in [1.165, 1.54) is 0 Å². The number of imidazole rings is 1. The van der Waals surface area contributed by atoms with Crippen LogP contribution in [0.15, 0.2) is 48.5 Å². The van der Waals surface area contributed by atoms with E-state index in [0.717, 1.165) is 54.0 Å². The lowest BCUT2D eigenvalue weighted by Crippen LogP contribution is -2.35. The Morgan fingerprint density at radius 2 is 1.86 bits per heavy atom. The molecule has 6 heteroatoms. The SMILES string of the molecule is COc1ccccc1CNC(=O)[C@H]1CC[C@@H](Nc2nc3ccccc3[nH]2)CC1. The zero-order valence-electron chi connectivity index (χ0n) is 16.1. The highest BCUT2D eigenvalue weighted by molar-refractivity contribution is 5.79. The van der Waals surface area contributed by atoms with Gasteiger partial charge in [0, 0.05) is 24.1 Å². The fourth-order valence-corrected chi connectivity index (χ4v) is 3.89. The second-order valence-electron chi connectivity index (χ2n) is 7.33. The zero-order chi connectivity index (χ0) is 19.3. The molecule has 1 aromatic heterocycles. The van der Waals surface area contributed by atoms with Crippen molar-refractivity contribution in [3.63, 3.8) is 0 Å². The predicted octanol–water partition coefficient (Wildman–Crippen LogP) is 3.86. The summed E-state index contributed by atoms with van der Waals surface area (Å²) >= 11 is 0. The molecule has 0 radical (unpaired) electrons. The van der Waals surface area contributed by atoms with Crippen molar-refractivity contribution in [2.45, 2.75) is 38.3 Å². The van der Waals surface area contributed by atoms with E-state index in [9.17, 15) is 4.79 Å². The van der Waals surface area contributed by atoms with Crippen molar-refractivity contribution in [2.75, 3.05) is 12.4 Å². The quantitative estimate of drug-likeness (QED) is 0.609. The van der Waals surface area contributed by atoms with Crippen LogP contribution in [0.25, 0.3) is 11.0 Å². The average molecular weight is 378 g/mol. The summed E-state index contributed by atoms with van der Waals surface area (Å²) in [4.78, 5) is 20.5. The number of carbonyl (C=O) groups excluding carboxylic acids is 1. The van der Waals surface area contributed by atoms with Gasteiger partial charge in [0.1, 0.15) is 5.75 Å². The normalized spacial score (nSPS) is 19.3. The Morgan fingerprint density at radius 1 is 1.11 bits per heavy atom.